The van der Waals surface area contributed by atoms with Crippen LogP contribution >= 0.6 is 11.3 Å². The Morgan fingerprint density at radius 3 is 2.32 bits per heavy atom. The Morgan fingerprint density at radius 2 is 1.76 bits per heavy atom. The number of aliphatic carboxylic acids is 2. The second kappa shape index (κ2) is 8.73. The molecule has 0 saturated carbocycles. The van der Waals surface area contributed by atoms with Gasteiger partial charge in [0.2, 0.25) is 0 Å². The molecule has 0 bridgehead atoms. The Hall–Kier alpha value is -2.25. The Morgan fingerprint density at radius 1 is 1.12 bits per heavy atom. The minimum Gasteiger partial charge on any atom is -0.480 e. The maximum atomic E-state index is 11.5. The lowest BCUT2D eigenvalue weighted by atomic mass is 10.0. The van der Waals surface area contributed by atoms with E-state index in [1.807, 2.05) is 49.6 Å². The molecule has 0 radical (unpaired) electrons. The molecule has 2 rings (SSSR count). The number of rotatable bonds is 9. The lowest BCUT2D eigenvalue weighted by Crippen LogP contribution is -2.48. The van der Waals surface area contributed by atoms with E-state index in [4.69, 9.17) is 0 Å². The maximum absolute atomic E-state index is 11.5. The smallest absolute Gasteiger partial charge is 0.321 e. The second-order valence-corrected chi connectivity index (χ2v) is 7.15. The van der Waals surface area contributed by atoms with Gasteiger partial charge in [-0.1, -0.05) is 44.2 Å². The van der Waals surface area contributed by atoms with Gasteiger partial charge in [0, 0.05) is 17.4 Å². The van der Waals surface area contributed by atoms with E-state index in [2.05, 4.69) is 10.3 Å². The summed E-state index contributed by atoms with van der Waals surface area (Å²) in [5.41, 5.74) is 1.61. The highest BCUT2D eigenvalue weighted by Crippen LogP contribution is 2.24. The van der Waals surface area contributed by atoms with E-state index in [-0.39, 0.29) is 12.3 Å². The van der Waals surface area contributed by atoms with Crippen LogP contribution in [0.15, 0.2) is 35.7 Å². The number of nitrogens with zero attached hydrogens (tertiary/aromatic N) is 1. The van der Waals surface area contributed by atoms with Crippen LogP contribution in [0.1, 0.15) is 26.0 Å². The fourth-order valence-electron chi connectivity index (χ4n) is 2.50. The van der Waals surface area contributed by atoms with E-state index in [1.54, 1.807) is 0 Å². The molecule has 1 aromatic carbocycles. The summed E-state index contributed by atoms with van der Waals surface area (Å²) >= 11 is 1.44. The zero-order valence-electron chi connectivity index (χ0n) is 14.2. The van der Waals surface area contributed by atoms with E-state index in [0.717, 1.165) is 10.6 Å². The van der Waals surface area contributed by atoms with Crippen LogP contribution in [0.4, 0.5) is 0 Å². The predicted octanol–water partition coefficient (Wildman–Crippen LogP) is 2.89. The summed E-state index contributed by atoms with van der Waals surface area (Å²) in [7, 11) is 0. The minimum atomic E-state index is -1.08. The summed E-state index contributed by atoms with van der Waals surface area (Å²) in [6.45, 7) is 3.81. The molecule has 1 heterocycles. The Balaban J connectivity index is 2.10. The van der Waals surface area contributed by atoms with E-state index in [9.17, 15) is 19.8 Å². The van der Waals surface area contributed by atoms with Crippen LogP contribution in [0.5, 0.6) is 0 Å². The van der Waals surface area contributed by atoms with E-state index < -0.39 is 24.0 Å². The average molecular weight is 362 g/mol. The van der Waals surface area contributed by atoms with E-state index in [0.29, 0.717) is 12.1 Å². The Bertz CT molecular complexity index is 715. The lowest BCUT2D eigenvalue weighted by Gasteiger charge is -2.21. The van der Waals surface area contributed by atoms with Crippen molar-refractivity contribution in [1.82, 2.24) is 10.3 Å². The summed E-state index contributed by atoms with van der Waals surface area (Å²) < 4.78 is 0. The number of hydrogen-bond donors (Lipinski definition) is 3. The molecule has 3 N–H and O–H groups in total. The van der Waals surface area contributed by atoms with Crippen molar-refractivity contribution in [1.29, 1.82) is 0 Å². The fraction of sp³-hybridized carbons (Fsp3) is 0.389. The topological polar surface area (TPSA) is 99.5 Å². The van der Waals surface area contributed by atoms with Crippen LogP contribution in [0.2, 0.25) is 0 Å². The van der Waals surface area contributed by atoms with Gasteiger partial charge in [0.1, 0.15) is 17.1 Å². The fourth-order valence-corrected chi connectivity index (χ4v) is 3.33. The zero-order chi connectivity index (χ0) is 18.4. The molecule has 2 atom stereocenters. The minimum absolute atomic E-state index is 0.139. The first kappa shape index (κ1) is 19.1. The number of carboxylic acids is 2. The number of nitrogens with one attached hydrogen (secondary N) is 1. The highest BCUT2D eigenvalue weighted by atomic mass is 32.1. The quantitative estimate of drug-likeness (QED) is 0.634. The number of hydrogen-bond acceptors (Lipinski definition) is 5. The molecule has 0 aliphatic rings. The van der Waals surface area contributed by atoms with E-state index in [1.165, 1.54) is 11.3 Å². The highest BCUT2D eigenvalue weighted by molar-refractivity contribution is 7.13. The molecule has 0 aliphatic carbocycles. The van der Waals surface area contributed by atoms with Crippen molar-refractivity contribution in [2.45, 2.75) is 38.8 Å². The summed E-state index contributed by atoms with van der Waals surface area (Å²) in [6.07, 6.45) is 0.506. The summed E-state index contributed by atoms with van der Waals surface area (Å²) in [4.78, 5) is 27.4. The van der Waals surface area contributed by atoms with Gasteiger partial charge in [0.15, 0.2) is 0 Å². The third kappa shape index (κ3) is 5.65. The molecule has 0 amide bonds. The molecule has 2 aromatic rings. The number of thiazole rings is 1. The first-order valence-corrected chi connectivity index (χ1v) is 8.96. The Labute approximate surface area is 150 Å². The van der Waals surface area contributed by atoms with Crippen molar-refractivity contribution in [2.24, 2.45) is 5.92 Å². The third-order valence-corrected chi connectivity index (χ3v) is 4.63. The van der Waals surface area contributed by atoms with Crippen LogP contribution in [-0.4, -0.2) is 39.2 Å². The van der Waals surface area contributed by atoms with Crippen molar-refractivity contribution < 1.29 is 19.8 Å². The zero-order valence-corrected chi connectivity index (χ0v) is 15.0. The SMILES string of the molecule is CC(C)CC(NC(Cc1csc(-c2ccccc2)n1)C(=O)O)C(=O)O. The van der Waals surface area contributed by atoms with Crippen molar-refractivity contribution in [3.63, 3.8) is 0 Å². The standard InChI is InChI=1S/C18H22N2O4S/c1-11(2)8-14(17(21)22)20-15(18(23)24)9-13-10-25-16(19-13)12-6-4-3-5-7-12/h3-7,10-11,14-15,20H,8-9H2,1-2H3,(H,21,22)(H,23,24). The highest BCUT2D eigenvalue weighted by Gasteiger charge is 2.27. The van der Waals surface area contributed by atoms with Crippen LogP contribution < -0.4 is 5.32 Å². The molecule has 134 valence electrons. The second-order valence-electron chi connectivity index (χ2n) is 6.29. The average Bonchev–Trinajstić information content (AvgIpc) is 3.02. The van der Waals surface area contributed by atoms with Crippen LogP contribution in [0, 0.1) is 5.92 Å². The molecule has 0 aliphatic heterocycles. The molecule has 6 nitrogen and oxygen atoms in total. The van der Waals surface area contributed by atoms with Crippen LogP contribution in [0.3, 0.4) is 0 Å². The number of carboxylic acid groups (broad SMARTS) is 2. The molecule has 0 spiro atoms. The molecule has 2 unspecified atom stereocenters. The van der Waals surface area contributed by atoms with Gasteiger partial charge in [-0.05, 0) is 12.3 Å². The summed E-state index contributed by atoms with van der Waals surface area (Å²) in [5, 5.41) is 24.1. The number of benzene rings is 1. The molecule has 1 aromatic heterocycles. The first-order valence-electron chi connectivity index (χ1n) is 8.08. The molecule has 7 heteroatoms. The number of carbonyl (C=O) groups is 2. The number of aromatic nitrogens is 1. The van der Waals surface area contributed by atoms with Crippen molar-refractivity contribution >= 4 is 23.3 Å². The van der Waals surface area contributed by atoms with Crippen molar-refractivity contribution in [2.75, 3.05) is 0 Å². The van der Waals surface area contributed by atoms with Gasteiger partial charge in [-0.2, -0.15) is 0 Å². The van der Waals surface area contributed by atoms with Crippen molar-refractivity contribution in [3.8, 4) is 10.6 Å². The van der Waals surface area contributed by atoms with Crippen molar-refractivity contribution in [3.05, 3.63) is 41.4 Å². The van der Waals surface area contributed by atoms with Gasteiger partial charge in [0.25, 0.3) is 0 Å². The first-order chi connectivity index (χ1) is 11.9. The Kier molecular flexibility index (Phi) is 6.66. The molecular weight excluding hydrogens is 340 g/mol. The van der Waals surface area contributed by atoms with Gasteiger partial charge >= 0.3 is 11.9 Å². The third-order valence-electron chi connectivity index (χ3n) is 3.69. The van der Waals surface area contributed by atoms with Crippen LogP contribution in [0.25, 0.3) is 10.6 Å². The molecule has 0 saturated heterocycles. The van der Waals surface area contributed by atoms with Gasteiger partial charge < -0.3 is 10.2 Å². The largest absolute Gasteiger partial charge is 0.480 e. The summed E-state index contributed by atoms with van der Waals surface area (Å²) in [5.74, 6) is -1.97. The van der Waals surface area contributed by atoms with Gasteiger partial charge in [-0.25, -0.2) is 4.98 Å². The monoisotopic (exact) mass is 362 g/mol. The normalized spacial score (nSPS) is 13.6. The molecule has 25 heavy (non-hydrogen) atoms. The summed E-state index contributed by atoms with van der Waals surface area (Å²) in [6, 6.07) is 7.75. The van der Waals surface area contributed by atoms with E-state index >= 15 is 0 Å². The molecule has 0 fully saturated rings. The van der Waals surface area contributed by atoms with Crippen LogP contribution in [-0.2, 0) is 16.0 Å². The van der Waals surface area contributed by atoms with Gasteiger partial charge in [-0.3, -0.25) is 14.9 Å². The van der Waals surface area contributed by atoms with Gasteiger partial charge in [0.05, 0.1) is 5.69 Å². The van der Waals surface area contributed by atoms with Gasteiger partial charge in [-0.15, -0.1) is 11.3 Å². The molecular formula is C18H22N2O4S. The predicted molar refractivity (Wildman–Crippen MR) is 96.7 cm³/mol. The maximum Gasteiger partial charge on any atom is 0.321 e. The lowest BCUT2D eigenvalue weighted by molar-refractivity contribution is -0.142.